The molecule has 1 N–H and O–H groups in total. The van der Waals surface area contributed by atoms with E-state index in [1.807, 2.05) is 0 Å². The molecule has 0 radical (unpaired) electrons. The summed E-state index contributed by atoms with van der Waals surface area (Å²) in [7, 11) is 0. The first kappa shape index (κ1) is 14.5. The number of rotatable bonds is 6. The maximum atomic E-state index is 4.64. The fourth-order valence-corrected chi connectivity index (χ4v) is 2.84. The molecule has 1 aromatic heterocycles. The van der Waals surface area contributed by atoms with Gasteiger partial charge in [0.1, 0.15) is 0 Å². The number of hydrogen-bond acceptors (Lipinski definition) is 3. The van der Waals surface area contributed by atoms with Crippen molar-refractivity contribution in [1.29, 1.82) is 0 Å². The molecular formula is C16H27N3. The van der Waals surface area contributed by atoms with Crippen LogP contribution in [-0.2, 0) is 6.54 Å². The van der Waals surface area contributed by atoms with Crippen LogP contribution in [0.2, 0.25) is 0 Å². The SMILES string of the molecule is CCCNCC1CCCCN1Cc1cccc(C)n1. The van der Waals surface area contributed by atoms with Crippen LogP contribution in [0.1, 0.15) is 44.0 Å². The van der Waals surface area contributed by atoms with Crippen LogP contribution < -0.4 is 5.32 Å². The van der Waals surface area contributed by atoms with Gasteiger partial charge in [0, 0.05) is 24.8 Å². The van der Waals surface area contributed by atoms with Gasteiger partial charge >= 0.3 is 0 Å². The van der Waals surface area contributed by atoms with Crippen LogP contribution in [0.25, 0.3) is 0 Å². The highest BCUT2D eigenvalue weighted by molar-refractivity contribution is 5.10. The van der Waals surface area contributed by atoms with Gasteiger partial charge < -0.3 is 5.32 Å². The Labute approximate surface area is 117 Å². The van der Waals surface area contributed by atoms with Crippen molar-refractivity contribution in [3.63, 3.8) is 0 Å². The first-order valence-corrected chi connectivity index (χ1v) is 7.67. The number of piperidine rings is 1. The lowest BCUT2D eigenvalue weighted by molar-refractivity contribution is 0.136. The van der Waals surface area contributed by atoms with Gasteiger partial charge in [0.15, 0.2) is 0 Å². The fourth-order valence-electron chi connectivity index (χ4n) is 2.84. The number of aromatic nitrogens is 1. The van der Waals surface area contributed by atoms with Gasteiger partial charge in [-0.05, 0) is 51.4 Å². The maximum Gasteiger partial charge on any atom is 0.0547 e. The second-order valence-corrected chi connectivity index (χ2v) is 5.59. The molecule has 0 saturated carbocycles. The minimum atomic E-state index is 0.683. The van der Waals surface area contributed by atoms with Crippen molar-refractivity contribution in [2.45, 2.75) is 52.1 Å². The highest BCUT2D eigenvalue weighted by Crippen LogP contribution is 2.18. The quantitative estimate of drug-likeness (QED) is 0.798. The zero-order valence-corrected chi connectivity index (χ0v) is 12.4. The van der Waals surface area contributed by atoms with E-state index in [0.717, 1.165) is 25.3 Å². The van der Waals surface area contributed by atoms with E-state index in [0.29, 0.717) is 6.04 Å². The van der Waals surface area contributed by atoms with E-state index in [1.54, 1.807) is 0 Å². The molecule has 1 unspecified atom stereocenters. The Kier molecular flexibility index (Phi) is 5.80. The van der Waals surface area contributed by atoms with E-state index in [-0.39, 0.29) is 0 Å². The highest BCUT2D eigenvalue weighted by atomic mass is 15.2. The first-order valence-electron chi connectivity index (χ1n) is 7.67. The van der Waals surface area contributed by atoms with Gasteiger partial charge in [0.05, 0.1) is 5.69 Å². The molecular weight excluding hydrogens is 234 g/mol. The van der Waals surface area contributed by atoms with E-state index in [1.165, 1.54) is 37.9 Å². The molecule has 2 rings (SSSR count). The summed E-state index contributed by atoms with van der Waals surface area (Å²) in [6.07, 6.45) is 5.24. The summed E-state index contributed by atoms with van der Waals surface area (Å²) in [6.45, 7) is 8.77. The predicted octanol–water partition coefficient (Wildman–Crippen LogP) is 2.74. The minimum Gasteiger partial charge on any atom is -0.315 e. The van der Waals surface area contributed by atoms with Crippen LogP contribution in [0.4, 0.5) is 0 Å². The molecule has 0 aliphatic carbocycles. The number of pyridine rings is 1. The topological polar surface area (TPSA) is 28.2 Å². The van der Waals surface area contributed by atoms with Crippen molar-refractivity contribution < 1.29 is 0 Å². The third kappa shape index (κ3) is 4.59. The number of aryl methyl sites for hydroxylation is 1. The smallest absolute Gasteiger partial charge is 0.0547 e. The monoisotopic (exact) mass is 261 g/mol. The molecule has 0 aromatic carbocycles. The summed E-state index contributed by atoms with van der Waals surface area (Å²) in [5.41, 5.74) is 2.33. The number of nitrogens with one attached hydrogen (secondary N) is 1. The Morgan fingerprint density at radius 3 is 3.05 bits per heavy atom. The third-order valence-corrected chi connectivity index (χ3v) is 3.87. The molecule has 1 fully saturated rings. The lowest BCUT2D eigenvalue weighted by Gasteiger charge is -2.35. The zero-order valence-electron chi connectivity index (χ0n) is 12.4. The second-order valence-electron chi connectivity index (χ2n) is 5.59. The van der Waals surface area contributed by atoms with Gasteiger partial charge in [-0.25, -0.2) is 0 Å². The van der Waals surface area contributed by atoms with E-state index < -0.39 is 0 Å². The largest absolute Gasteiger partial charge is 0.315 e. The van der Waals surface area contributed by atoms with Gasteiger partial charge in [0.25, 0.3) is 0 Å². The Morgan fingerprint density at radius 2 is 2.26 bits per heavy atom. The van der Waals surface area contributed by atoms with Gasteiger partial charge in [-0.15, -0.1) is 0 Å². The first-order chi connectivity index (χ1) is 9.29. The molecule has 3 heteroatoms. The molecule has 0 bridgehead atoms. The Bertz CT molecular complexity index is 378. The Morgan fingerprint density at radius 1 is 1.37 bits per heavy atom. The standard InChI is InChI=1S/C16H27N3/c1-3-10-17-12-16-9-4-5-11-19(16)13-15-8-6-7-14(2)18-15/h6-8,16-17H,3-5,9-13H2,1-2H3. The van der Waals surface area contributed by atoms with Crippen LogP contribution in [0.5, 0.6) is 0 Å². The lowest BCUT2D eigenvalue weighted by atomic mass is 10.0. The molecule has 1 aliphatic heterocycles. The zero-order chi connectivity index (χ0) is 13.5. The van der Waals surface area contributed by atoms with E-state index in [4.69, 9.17) is 0 Å². The summed E-state index contributed by atoms with van der Waals surface area (Å²) in [6, 6.07) is 7.02. The average molecular weight is 261 g/mol. The highest BCUT2D eigenvalue weighted by Gasteiger charge is 2.22. The molecule has 19 heavy (non-hydrogen) atoms. The van der Waals surface area contributed by atoms with Gasteiger partial charge in [-0.1, -0.05) is 19.4 Å². The summed E-state index contributed by atoms with van der Waals surface area (Å²) in [5, 5.41) is 3.57. The van der Waals surface area contributed by atoms with Gasteiger partial charge in [-0.3, -0.25) is 9.88 Å². The van der Waals surface area contributed by atoms with Crippen LogP contribution in [0, 0.1) is 6.92 Å². The van der Waals surface area contributed by atoms with Crippen LogP contribution in [-0.4, -0.2) is 35.6 Å². The Hall–Kier alpha value is -0.930. The molecule has 1 saturated heterocycles. The third-order valence-electron chi connectivity index (χ3n) is 3.87. The van der Waals surface area contributed by atoms with Crippen molar-refractivity contribution >= 4 is 0 Å². The molecule has 0 spiro atoms. The van der Waals surface area contributed by atoms with Crippen molar-refractivity contribution in [2.24, 2.45) is 0 Å². The lowest BCUT2D eigenvalue weighted by Crippen LogP contribution is -2.45. The molecule has 3 nitrogen and oxygen atoms in total. The second kappa shape index (κ2) is 7.61. The summed E-state index contributed by atoms with van der Waals surface area (Å²) in [5.74, 6) is 0. The number of likely N-dealkylation sites (tertiary alicyclic amines) is 1. The summed E-state index contributed by atoms with van der Waals surface area (Å²) >= 11 is 0. The number of hydrogen-bond donors (Lipinski definition) is 1. The molecule has 1 aromatic rings. The van der Waals surface area contributed by atoms with Gasteiger partial charge in [-0.2, -0.15) is 0 Å². The van der Waals surface area contributed by atoms with Crippen LogP contribution in [0.3, 0.4) is 0 Å². The van der Waals surface area contributed by atoms with E-state index in [9.17, 15) is 0 Å². The van der Waals surface area contributed by atoms with E-state index in [2.05, 4.69) is 47.2 Å². The number of nitrogens with zero attached hydrogens (tertiary/aromatic N) is 2. The minimum absolute atomic E-state index is 0.683. The van der Waals surface area contributed by atoms with Crippen LogP contribution >= 0.6 is 0 Å². The fraction of sp³-hybridized carbons (Fsp3) is 0.688. The van der Waals surface area contributed by atoms with E-state index >= 15 is 0 Å². The molecule has 1 atom stereocenters. The van der Waals surface area contributed by atoms with Crippen molar-refractivity contribution in [3.8, 4) is 0 Å². The maximum absolute atomic E-state index is 4.64. The molecule has 2 heterocycles. The molecule has 1 aliphatic rings. The summed E-state index contributed by atoms with van der Waals surface area (Å²) in [4.78, 5) is 7.24. The van der Waals surface area contributed by atoms with Crippen molar-refractivity contribution in [3.05, 3.63) is 29.6 Å². The van der Waals surface area contributed by atoms with Gasteiger partial charge in [0.2, 0.25) is 0 Å². The van der Waals surface area contributed by atoms with Crippen molar-refractivity contribution in [1.82, 2.24) is 15.2 Å². The normalized spacial score (nSPS) is 20.6. The molecule has 0 amide bonds. The molecule has 106 valence electrons. The Balaban J connectivity index is 1.91. The average Bonchev–Trinajstić information content (AvgIpc) is 2.41. The predicted molar refractivity (Wildman–Crippen MR) is 80.2 cm³/mol. The van der Waals surface area contributed by atoms with Crippen LogP contribution in [0.15, 0.2) is 18.2 Å². The van der Waals surface area contributed by atoms with Crippen molar-refractivity contribution in [2.75, 3.05) is 19.6 Å². The summed E-state index contributed by atoms with van der Waals surface area (Å²) < 4.78 is 0.